The Labute approximate surface area is 107 Å². The van der Waals surface area contributed by atoms with Crippen LogP contribution >= 0.6 is 0 Å². The maximum absolute atomic E-state index is 11.5. The van der Waals surface area contributed by atoms with E-state index in [-0.39, 0.29) is 5.97 Å². The number of hydrogen-bond donors (Lipinski definition) is 0. The molecule has 4 heteroatoms. The van der Waals surface area contributed by atoms with E-state index in [0.717, 1.165) is 6.54 Å². The maximum Gasteiger partial charge on any atom is 0.336 e. The van der Waals surface area contributed by atoms with Crippen LogP contribution in [0.1, 0.15) is 12.5 Å². The van der Waals surface area contributed by atoms with Gasteiger partial charge >= 0.3 is 5.97 Å². The van der Waals surface area contributed by atoms with E-state index in [1.165, 1.54) is 12.7 Å². The quantitative estimate of drug-likeness (QED) is 0.760. The number of ether oxygens (including phenoxy) is 2. The van der Waals surface area contributed by atoms with E-state index in [1.54, 1.807) is 0 Å². The molecule has 0 amide bonds. The van der Waals surface area contributed by atoms with Crippen LogP contribution in [0.5, 0.6) is 0 Å². The van der Waals surface area contributed by atoms with E-state index in [1.807, 2.05) is 18.2 Å². The molecule has 0 bridgehead atoms. The first kappa shape index (κ1) is 13.1. The van der Waals surface area contributed by atoms with Gasteiger partial charge in [-0.05, 0) is 12.5 Å². The van der Waals surface area contributed by atoms with E-state index >= 15 is 0 Å². The number of hydrogen-bond acceptors (Lipinski definition) is 4. The first-order chi connectivity index (χ1) is 8.70. The Morgan fingerprint density at radius 1 is 1.44 bits per heavy atom. The third-order valence-electron chi connectivity index (χ3n) is 3.25. The van der Waals surface area contributed by atoms with Crippen molar-refractivity contribution in [1.82, 2.24) is 4.90 Å². The lowest BCUT2D eigenvalue weighted by Crippen LogP contribution is -2.50. The Hall–Kier alpha value is -1.39. The van der Waals surface area contributed by atoms with Crippen molar-refractivity contribution in [2.75, 3.05) is 20.3 Å². The Balaban J connectivity index is 2.00. The van der Waals surface area contributed by atoms with Gasteiger partial charge < -0.3 is 9.47 Å². The molecule has 2 rings (SSSR count). The van der Waals surface area contributed by atoms with Crippen LogP contribution in [-0.2, 0) is 20.8 Å². The van der Waals surface area contributed by atoms with Gasteiger partial charge in [0.2, 0.25) is 0 Å². The summed E-state index contributed by atoms with van der Waals surface area (Å²) in [7, 11) is 1.39. The summed E-state index contributed by atoms with van der Waals surface area (Å²) in [6.45, 7) is 4.09. The van der Waals surface area contributed by atoms with Crippen LogP contribution in [0.4, 0.5) is 0 Å². The predicted octanol–water partition coefficient (Wildman–Crippen LogP) is 1.45. The molecule has 0 saturated carbocycles. The van der Waals surface area contributed by atoms with Crippen molar-refractivity contribution in [3.8, 4) is 0 Å². The lowest BCUT2D eigenvalue weighted by molar-refractivity contribution is -0.163. The number of esters is 1. The van der Waals surface area contributed by atoms with Crippen LogP contribution in [0.3, 0.4) is 0 Å². The number of carbonyl (C=O) groups excluding carboxylic acids is 1. The molecule has 18 heavy (non-hydrogen) atoms. The van der Waals surface area contributed by atoms with Crippen LogP contribution in [0.2, 0.25) is 0 Å². The topological polar surface area (TPSA) is 38.8 Å². The van der Waals surface area contributed by atoms with Gasteiger partial charge in [-0.3, -0.25) is 4.90 Å². The molecule has 1 aromatic carbocycles. The molecule has 2 atom stereocenters. The van der Waals surface area contributed by atoms with Crippen LogP contribution in [0, 0.1) is 0 Å². The molecule has 1 aromatic rings. The number of benzene rings is 1. The van der Waals surface area contributed by atoms with Gasteiger partial charge in [-0.25, -0.2) is 4.79 Å². The molecular formula is C14H19NO3. The highest BCUT2D eigenvalue weighted by atomic mass is 16.6. The number of methoxy groups -OCH3 is 1. The van der Waals surface area contributed by atoms with Crippen molar-refractivity contribution in [2.24, 2.45) is 0 Å². The summed E-state index contributed by atoms with van der Waals surface area (Å²) in [4.78, 5) is 13.7. The fourth-order valence-corrected chi connectivity index (χ4v) is 2.12. The van der Waals surface area contributed by atoms with Crippen LogP contribution in [-0.4, -0.2) is 43.3 Å². The van der Waals surface area contributed by atoms with Crippen LogP contribution in [0.15, 0.2) is 30.3 Å². The average molecular weight is 249 g/mol. The Kier molecular flexibility index (Phi) is 4.33. The molecular weight excluding hydrogens is 230 g/mol. The summed E-state index contributed by atoms with van der Waals surface area (Å²) >= 11 is 0. The summed E-state index contributed by atoms with van der Waals surface area (Å²) in [6.07, 6.45) is -0.463. The largest absolute Gasteiger partial charge is 0.467 e. The van der Waals surface area contributed by atoms with Gasteiger partial charge in [0.15, 0.2) is 6.10 Å². The van der Waals surface area contributed by atoms with E-state index in [9.17, 15) is 4.79 Å². The second-order valence-electron chi connectivity index (χ2n) is 4.61. The van der Waals surface area contributed by atoms with Gasteiger partial charge in [-0.1, -0.05) is 30.3 Å². The highest BCUT2D eigenvalue weighted by Gasteiger charge is 2.31. The van der Waals surface area contributed by atoms with Crippen molar-refractivity contribution >= 4 is 5.97 Å². The van der Waals surface area contributed by atoms with Gasteiger partial charge in [0.25, 0.3) is 0 Å². The summed E-state index contributed by atoms with van der Waals surface area (Å²) in [6, 6.07) is 10.6. The lowest BCUT2D eigenvalue weighted by Gasteiger charge is -2.36. The Morgan fingerprint density at radius 2 is 2.17 bits per heavy atom. The highest BCUT2D eigenvalue weighted by molar-refractivity contribution is 5.74. The predicted molar refractivity (Wildman–Crippen MR) is 68.1 cm³/mol. The molecule has 98 valence electrons. The number of nitrogens with zero attached hydrogens (tertiary/aromatic N) is 1. The van der Waals surface area contributed by atoms with E-state index in [2.05, 4.69) is 24.0 Å². The molecule has 1 aliphatic rings. The van der Waals surface area contributed by atoms with Gasteiger partial charge in [0, 0.05) is 19.1 Å². The smallest absolute Gasteiger partial charge is 0.336 e. The number of rotatable bonds is 3. The molecule has 1 saturated heterocycles. The zero-order valence-corrected chi connectivity index (χ0v) is 10.8. The monoisotopic (exact) mass is 249 g/mol. The van der Waals surface area contributed by atoms with E-state index < -0.39 is 6.10 Å². The van der Waals surface area contributed by atoms with Gasteiger partial charge in [-0.2, -0.15) is 0 Å². The minimum absolute atomic E-state index is 0.292. The zero-order chi connectivity index (χ0) is 13.0. The summed E-state index contributed by atoms with van der Waals surface area (Å²) < 4.78 is 10.2. The third kappa shape index (κ3) is 3.09. The minimum atomic E-state index is -0.463. The second-order valence-corrected chi connectivity index (χ2v) is 4.61. The van der Waals surface area contributed by atoms with Crippen molar-refractivity contribution in [2.45, 2.75) is 25.6 Å². The molecule has 0 N–H and O–H groups in total. The Bertz CT molecular complexity index is 393. The number of morpholine rings is 1. The first-order valence-corrected chi connectivity index (χ1v) is 6.18. The normalized spacial score (nSPS) is 24.8. The molecule has 0 spiro atoms. The van der Waals surface area contributed by atoms with Gasteiger partial charge in [-0.15, -0.1) is 0 Å². The van der Waals surface area contributed by atoms with Crippen molar-refractivity contribution < 1.29 is 14.3 Å². The Morgan fingerprint density at radius 3 is 2.83 bits per heavy atom. The summed E-state index contributed by atoms with van der Waals surface area (Å²) in [5, 5.41) is 0. The molecule has 1 unspecified atom stereocenters. The molecule has 4 nitrogen and oxygen atoms in total. The third-order valence-corrected chi connectivity index (χ3v) is 3.25. The highest BCUT2D eigenvalue weighted by Crippen LogP contribution is 2.16. The summed E-state index contributed by atoms with van der Waals surface area (Å²) in [5.74, 6) is -0.292. The second kappa shape index (κ2) is 5.98. The van der Waals surface area contributed by atoms with Crippen LogP contribution in [0.25, 0.3) is 0 Å². The molecule has 0 radical (unpaired) electrons. The van der Waals surface area contributed by atoms with E-state index in [4.69, 9.17) is 9.47 Å². The van der Waals surface area contributed by atoms with E-state index in [0.29, 0.717) is 19.2 Å². The standard InChI is InChI=1S/C14H19NO3/c1-11-10-18-13(14(16)17-2)9-15(11)8-12-6-4-3-5-7-12/h3-7,11,13H,8-10H2,1-2H3/t11-,13?/m1/s1. The fourth-order valence-electron chi connectivity index (χ4n) is 2.12. The molecule has 0 aliphatic carbocycles. The zero-order valence-electron chi connectivity index (χ0n) is 10.8. The van der Waals surface area contributed by atoms with Crippen molar-refractivity contribution in [1.29, 1.82) is 0 Å². The molecule has 1 fully saturated rings. The number of carbonyl (C=O) groups is 1. The van der Waals surface area contributed by atoms with Gasteiger partial charge in [0.1, 0.15) is 0 Å². The molecule has 0 aromatic heterocycles. The minimum Gasteiger partial charge on any atom is -0.467 e. The fraction of sp³-hybridized carbons (Fsp3) is 0.500. The lowest BCUT2D eigenvalue weighted by atomic mass is 10.1. The first-order valence-electron chi connectivity index (χ1n) is 6.18. The van der Waals surface area contributed by atoms with Crippen LogP contribution < -0.4 is 0 Å². The molecule has 1 aliphatic heterocycles. The molecule has 1 heterocycles. The van der Waals surface area contributed by atoms with Crippen molar-refractivity contribution in [3.05, 3.63) is 35.9 Å². The van der Waals surface area contributed by atoms with Crippen molar-refractivity contribution in [3.63, 3.8) is 0 Å². The average Bonchev–Trinajstić information content (AvgIpc) is 2.41. The maximum atomic E-state index is 11.5. The summed E-state index contributed by atoms with van der Waals surface area (Å²) in [5.41, 5.74) is 1.25. The SMILES string of the molecule is COC(=O)C1CN(Cc2ccccc2)[C@H](C)CO1. The van der Waals surface area contributed by atoms with Gasteiger partial charge in [0.05, 0.1) is 13.7 Å².